The molecular formula is C12H12F6O5S2. The number of sulfone groups is 2. The molecule has 0 saturated heterocycles. The minimum Gasteiger partial charge on any atom is -0.496 e. The highest BCUT2D eigenvalue weighted by Crippen LogP contribution is 2.38. The van der Waals surface area contributed by atoms with Crippen LogP contribution in [0, 0.1) is 6.92 Å². The number of benzene rings is 1. The van der Waals surface area contributed by atoms with Crippen LogP contribution in [-0.4, -0.2) is 39.5 Å². The Morgan fingerprint density at radius 1 is 0.960 bits per heavy atom. The SMILES string of the molecule is COc1ccc(C)cc1CC(S(=O)(=O)C(F)(F)F)S(=O)(=O)C(F)(F)F. The van der Waals surface area contributed by atoms with Gasteiger partial charge in [-0.1, -0.05) is 17.7 Å². The number of aryl methyl sites for hydroxylation is 1. The van der Waals surface area contributed by atoms with Gasteiger partial charge >= 0.3 is 11.0 Å². The van der Waals surface area contributed by atoms with Crippen LogP contribution in [0.4, 0.5) is 26.3 Å². The molecular weight excluding hydrogens is 402 g/mol. The molecule has 0 aliphatic carbocycles. The van der Waals surface area contributed by atoms with Crippen molar-refractivity contribution in [3.05, 3.63) is 29.3 Å². The van der Waals surface area contributed by atoms with Gasteiger partial charge in [0.05, 0.1) is 7.11 Å². The second kappa shape index (κ2) is 6.67. The first kappa shape index (κ1) is 21.5. The first-order chi connectivity index (χ1) is 11.1. The van der Waals surface area contributed by atoms with Gasteiger partial charge in [-0.05, 0) is 18.6 Å². The van der Waals surface area contributed by atoms with Gasteiger partial charge in [0, 0.05) is 6.42 Å². The minimum atomic E-state index is -6.68. The molecule has 0 saturated carbocycles. The molecule has 0 fully saturated rings. The van der Waals surface area contributed by atoms with Crippen LogP contribution in [0.2, 0.25) is 0 Å². The number of alkyl halides is 6. The number of methoxy groups -OCH3 is 1. The van der Waals surface area contributed by atoms with Gasteiger partial charge in [0.1, 0.15) is 5.75 Å². The minimum absolute atomic E-state index is 0.245. The molecule has 25 heavy (non-hydrogen) atoms. The van der Waals surface area contributed by atoms with E-state index in [4.69, 9.17) is 4.74 Å². The van der Waals surface area contributed by atoms with Gasteiger partial charge in [-0.15, -0.1) is 0 Å². The van der Waals surface area contributed by atoms with Crippen molar-refractivity contribution in [3.63, 3.8) is 0 Å². The van der Waals surface area contributed by atoms with E-state index in [1.54, 1.807) is 0 Å². The zero-order chi connectivity index (χ0) is 19.8. The Morgan fingerprint density at radius 3 is 1.76 bits per heavy atom. The summed E-state index contributed by atoms with van der Waals surface area (Å²) in [5.41, 5.74) is -12.4. The lowest BCUT2D eigenvalue weighted by Crippen LogP contribution is -2.46. The van der Waals surface area contributed by atoms with E-state index in [0.717, 1.165) is 13.2 Å². The van der Waals surface area contributed by atoms with Crippen LogP contribution in [0.3, 0.4) is 0 Å². The molecule has 1 rings (SSSR count). The Morgan fingerprint density at radius 2 is 1.40 bits per heavy atom. The Bertz CT molecular complexity index is 796. The summed E-state index contributed by atoms with van der Waals surface area (Å²) in [6.45, 7) is 1.43. The molecule has 0 amide bonds. The number of rotatable bonds is 5. The van der Waals surface area contributed by atoms with E-state index < -0.39 is 47.3 Å². The molecule has 0 aromatic heterocycles. The second-order valence-electron chi connectivity index (χ2n) is 4.93. The van der Waals surface area contributed by atoms with Gasteiger partial charge in [0.25, 0.3) is 19.7 Å². The molecule has 0 aliphatic rings. The molecule has 0 unspecified atom stereocenters. The topological polar surface area (TPSA) is 77.5 Å². The fourth-order valence-corrected chi connectivity index (χ4v) is 5.31. The van der Waals surface area contributed by atoms with Crippen molar-refractivity contribution < 1.29 is 47.9 Å². The van der Waals surface area contributed by atoms with Crippen LogP contribution >= 0.6 is 0 Å². The van der Waals surface area contributed by atoms with Crippen molar-refractivity contribution in [2.75, 3.05) is 7.11 Å². The molecule has 0 atom stereocenters. The molecule has 0 heterocycles. The molecule has 0 aliphatic heterocycles. The Kier molecular flexibility index (Phi) is 5.74. The van der Waals surface area contributed by atoms with Crippen LogP contribution in [0.1, 0.15) is 11.1 Å². The molecule has 1 aromatic carbocycles. The Balaban J connectivity index is 3.64. The fraction of sp³-hybridized carbons (Fsp3) is 0.500. The summed E-state index contributed by atoms with van der Waals surface area (Å²) in [6.07, 6.45) is -1.57. The lowest BCUT2D eigenvalue weighted by Gasteiger charge is -2.22. The van der Waals surface area contributed by atoms with Crippen LogP contribution in [0.5, 0.6) is 5.75 Å². The second-order valence-corrected chi connectivity index (χ2v) is 9.47. The normalized spacial score (nSPS) is 14.0. The third-order valence-electron chi connectivity index (χ3n) is 3.16. The molecule has 0 spiro atoms. The summed E-state index contributed by atoms with van der Waals surface area (Å²) in [4.78, 5) is 0. The molecule has 13 heteroatoms. The summed E-state index contributed by atoms with van der Waals surface area (Å²) in [6, 6.07) is 3.61. The standard InChI is InChI=1S/C12H12F6O5S2/c1-7-3-4-9(23-2)8(5-7)6-10(24(19,20)11(13,14)15)25(21,22)12(16,17)18/h3-5,10H,6H2,1-2H3. The van der Waals surface area contributed by atoms with E-state index in [2.05, 4.69) is 0 Å². The summed E-state index contributed by atoms with van der Waals surface area (Å²) in [5, 5.41) is 0. The first-order valence-corrected chi connectivity index (χ1v) is 9.39. The van der Waals surface area contributed by atoms with Gasteiger partial charge in [-0.3, -0.25) is 0 Å². The van der Waals surface area contributed by atoms with E-state index >= 15 is 0 Å². The van der Waals surface area contributed by atoms with Crippen molar-refractivity contribution in [2.24, 2.45) is 0 Å². The van der Waals surface area contributed by atoms with Crippen LogP contribution in [-0.2, 0) is 26.1 Å². The Labute approximate surface area is 139 Å². The quantitative estimate of drug-likeness (QED) is 0.693. The first-order valence-electron chi connectivity index (χ1n) is 6.29. The van der Waals surface area contributed by atoms with Gasteiger partial charge in [-0.2, -0.15) is 26.3 Å². The maximum absolute atomic E-state index is 12.7. The van der Waals surface area contributed by atoms with Gasteiger partial charge in [0.2, 0.25) is 0 Å². The fourth-order valence-electron chi connectivity index (χ4n) is 1.93. The van der Waals surface area contributed by atoms with Crippen LogP contribution < -0.4 is 4.74 Å². The van der Waals surface area contributed by atoms with Gasteiger partial charge in [0.15, 0.2) is 4.58 Å². The van der Waals surface area contributed by atoms with E-state index in [0.29, 0.717) is 5.56 Å². The van der Waals surface area contributed by atoms with Gasteiger partial charge in [-0.25, -0.2) is 16.8 Å². The molecule has 5 nitrogen and oxygen atoms in total. The van der Waals surface area contributed by atoms with Crippen molar-refractivity contribution in [2.45, 2.75) is 28.9 Å². The average Bonchev–Trinajstić information content (AvgIpc) is 2.42. The summed E-state index contributed by atoms with van der Waals surface area (Å²) in [5.74, 6) is -0.245. The molecule has 0 N–H and O–H groups in total. The third-order valence-corrected chi connectivity index (χ3v) is 7.69. The molecule has 1 aromatic rings. The van der Waals surface area contributed by atoms with Crippen molar-refractivity contribution in [1.82, 2.24) is 0 Å². The molecule has 144 valence electrons. The number of hydrogen-bond donors (Lipinski definition) is 0. The Hall–Kier alpha value is -1.50. The number of hydrogen-bond acceptors (Lipinski definition) is 5. The zero-order valence-corrected chi connectivity index (χ0v) is 14.3. The summed E-state index contributed by atoms with van der Waals surface area (Å²) < 4.78 is 123. The monoisotopic (exact) mass is 414 g/mol. The van der Waals surface area contributed by atoms with Crippen LogP contribution in [0.25, 0.3) is 0 Å². The largest absolute Gasteiger partial charge is 0.498 e. The highest BCUT2D eigenvalue weighted by molar-refractivity contribution is 8.09. The van der Waals surface area contributed by atoms with Crippen molar-refractivity contribution in [1.29, 1.82) is 0 Å². The highest BCUT2D eigenvalue weighted by atomic mass is 32.3. The van der Waals surface area contributed by atoms with E-state index in [1.165, 1.54) is 19.1 Å². The maximum Gasteiger partial charge on any atom is 0.498 e. The van der Waals surface area contributed by atoms with Crippen LogP contribution in [0.15, 0.2) is 18.2 Å². The number of ether oxygens (including phenoxy) is 1. The van der Waals surface area contributed by atoms with E-state index in [-0.39, 0.29) is 5.75 Å². The lowest BCUT2D eigenvalue weighted by molar-refractivity contribution is -0.0471. The smallest absolute Gasteiger partial charge is 0.496 e. The summed E-state index contributed by atoms with van der Waals surface area (Å²) >= 11 is 0. The predicted molar refractivity (Wildman–Crippen MR) is 75.2 cm³/mol. The zero-order valence-electron chi connectivity index (χ0n) is 12.6. The van der Waals surface area contributed by atoms with Gasteiger partial charge < -0.3 is 4.74 Å². The molecule has 0 radical (unpaired) electrons. The summed E-state index contributed by atoms with van der Waals surface area (Å²) in [7, 11) is -12.3. The highest BCUT2D eigenvalue weighted by Gasteiger charge is 2.62. The number of halogens is 6. The van der Waals surface area contributed by atoms with Crippen molar-refractivity contribution >= 4 is 19.7 Å². The third kappa shape index (κ3) is 4.19. The molecule has 0 bridgehead atoms. The maximum atomic E-state index is 12.7. The van der Waals surface area contributed by atoms with E-state index in [1.807, 2.05) is 0 Å². The van der Waals surface area contributed by atoms with Crippen molar-refractivity contribution in [3.8, 4) is 5.75 Å². The predicted octanol–water partition coefficient (Wildman–Crippen LogP) is 2.74. The average molecular weight is 414 g/mol. The van der Waals surface area contributed by atoms with E-state index in [9.17, 15) is 43.2 Å². The lowest BCUT2D eigenvalue weighted by atomic mass is 10.1.